The van der Waals surface area contributed by atoms with Crippen LogP contribution in [0.3, 0.4) is 0 Å². The molecule has 1 fully saturated rings. The number of ether oxygens (including phenoxy) is 1. The molecule has 1 atom stereocenters. The number of hydrogen-bond donors (Lipinski definition) is 2. The van der Waals surface area contributed by atoms with Crippen LogP contribution in [0.5, 0.6) is 0 Å². The number of nitrogens with zero attached hydrogens (tertiary/aromatic N) is 3. The molecule has 1 aromatic heterocycles. The first kappa shape index (κ1) is 15.3. The molecule has 0 aromatic carbocycles. The summed E-state index contributed by atoms with van der Waals surface area (Å²) in [5, 5.41) is 15.8. The van der Waals surface area contributed by atoms with Crippen molar-refractivity contribution in [3.63, 3.8) is 0 Å². The van der Waals surface area contributed by atoms with Gasteiger partial charge in [0.05, 0.1) is 25.7 Å². The molecule has 0 saturated carbocycles. The van der Waals surface area contributed by atoms with Crippen molar-refractivity contribution in [2.75, 3.05) is 26.3 Å². The monoisotopic (exact) mass is 296 g/mol. The number of carbonyl (C=O) groups is 2. The van der Waals surface area contributed by atoms with E-state index in [1.165, 1.54) is 0 Å². The summed E-state index contributed by atoms with van der Waals surface area (Å²) in [6.07, 6.45) is 4.25. The zero-order valence-electron chi connectivity index (χ0n) is 11.8. The van der Waals surface area contributed by atoms with Crippen molar-refractivity contribution >= 4 is 12.0 Å². The molecule has 0 aliphatic carbocycles. The van der Waals surface area contributed by atoms with E-state index < -0.39 is 12.0 Å². The highest BCUT2D eigenvalue weighted by Gasteiger charge is 2.28. The van der Waals surface area contributed by atoms with Crippen LogP contribution in [0, 0.1) is 0 Å². The number of aliphatic carboxylic acids is 1. The Balaban J connectivity index is 1.73. The van der Waals surface area contributed by atoms with E-state index in [4.69, 9.17) is 9.84 Å². The Morgan fingerprint density at radius 1 is 1.48 bits per heavy atom. The fourth-order valence-electron chi connectivity index (χ4n) is 2.26. The molecule has 1 aliphatic rings. The largest absolute Gasteiger partial charge is 0.481 e. The molecular formula is C13H20N4O4. The summed E-state index contributed by atoms with van der Waals surface area (Å²) in [5.74, 6) is -0.929. The zero-order valence-corrected chi connectivity index (χ0v) is 11.8. The highest BCUT2D eigenvalue weighted by molar-refractivity contribution is 5.76. The molecule has 2 heterocycles. The number of amides is 2. The lowest BCUT2D eigenvalue weighted by Crippen LogP contribution is -2.53. The third kappa shape index (κ3) is 4.75. The van der Waals surface area contributed by atoms with Gasteiger partial charge in [0.1, 0.15) is 0 Å². The first-order valence-corrected chi connectivity index (χ1v) is 6.98. The zero-order chi connectivity index (χ0) is 15.1. The van der Waals surface area contributed by atoms with E-state index in [1.807, 2.05) is 12.3 Å². The average Bonchev–Trinajstić information content (AvgIpc) is 2.96. The number of nitrogens with one attached hydrogen (secondary N) is 1. The van der Waals surface area contributed by atoms with Gasteiger partial charge in [-0.3, -0.25) is 9.48 Å². The van der Waals surface area contributed by atoms with Gasteiger partial charge in [-0.05, 0) is 12.5 Å². The van der Waals surface area contributed by atoms with E-state index in [0.717, 1.165) is 13.0 Å². The second kappa shape index (κ2) is 7.63. The Labute approximate surface area is 122 Å². The summed E-state index contributed by atoms with van der Waals surface area (Å²) in [5.41, 5.74) is 0. The first-order chi connectivity index (χ1) is 10.2. The van der Waals surface area contributed by atoms with E-state index in [1.54, 1.807) is 15.8 Å². The minimum Gasteiger partial charge on any atom is -0.481 e. The molecule has 0 spiro atoms. The van der Waals surface area contributed by atoms with Crippen LogP contribution in [0.15, 0.2) is 18.5 Å². The predicted octanol–water partition coefficient (Wildman–Crippen LogP) is 0.158. The summed E-state index contributed by atoms with van der Waals surface area (Å²) in [4.78, 5) is 24.4. The molecule has 116 valence electrons. The van der Waals surface area contributed by atoms with Crippen LogP contribution in [-0.4, -0.2) is 64.1 Å². The van der Waals surface area contributed by atoms with Crippen molar-refractivity contribution in [2.45, 2.75) is 25.4 Å². The highest BCUT2D eigenvalue weighted by Crippen LogP contribution is 2.10. The van der Waals surface area contributed by atoms with Crippen molar-refractivity contribution in [3.8, 4) is 0 Å². The molecule has 2 N–H and O–H groups in total. The van der Waals surface area contributed by atoms with Gasteiger partial charge in [-0.2, -0.15) is 5.10 Å². The van der Waals surface area contributed by atoms with Crippen molar-refractivity contribution < 1.29 is 19.4 Å². The fraction of sp³-hybridized carbons (Fsp3) is 0.615. The SMILES string of the molecule is O=C(O)CC1COCCN1C(=O)NCCCn1cccn1. The number of hydrogen-bond acceptors (Lipinski definition) is 4. The topological polar surface area (TPSA) is 96.7 Å². The van der Waals surface area contributed by atoms with Gasteiger partial charge in [0.2, 0.25) is 0 Å². The molecule has 1 unspecified atom stereocenters. The van der Waals surface area contributed by atoms with Gasteiger partial charge >= 0.3 is 12.0 Å². The average molecular weight is 296 g/mol. The number of carbonyl (C=O) groups excluding carboxylic acids is 1. The van der Waals surface area contributed by atoms with Crippen molar-refractivity contribution in [1.29, 1.82) is 0 Å². The standard InChI is InChI=1S/C13H20N4O4/c18-12(19)9-11-10-21-8-7-17(11)13(20)14-3-1-5-16-6-2-4-15-16/h2,4,6,11H,1,3,5,7-10H2,(H,14,20)(H,18,19). The van der Waals surface area contributed by atoms with Crippen LogP contribution in [0.1, 0.15) is 12.8 Å². The second-order valence-corrected chi connectivity index (χ2v) is 4.87. The molecule has 8 heteroatoms. The lowest BCUT2D eigenvalue weighted by Gasteiger charge is -2.34. The smallest absolute Gasteiger partial charge is 0.317 e. The molecule has 1 aliphatic heterocycles. The molecule has 0 radical (unpaired) electrons. The minimum absolute atomic E-state index is 0.0965. The molecule has 0 bridgehead atoms. The van der Waals surface area contributed by atoms with Crippen molar-refractivity contribution in [1.82, 2.24) is 20.0 Å². The quantitative estimate of drug-likeness (QED) is 0.729. The van der Waals surface area contributed by atoms with Gasteiger partial charge < -0.3 is 20.1 Å². The minimum atomic E-state index is -0.929. The van der Waals surface area contributed by atoms with Crippen LogP contribution in [0.4, 0.5) is 4.79 Å². The Bertz CT molecular complexity index is 463. The van der Waals surface area contributed by atoms with Gasteiger partial charge in [-0.1, -0.05) is 0 Å². The number of morpholine rings is 1. The van der Waals surface area contributed by atoms with Gasteiger partial charge in [0.15, 0.2) is 0 Å². The normalized spacial score (nSPS) is 18.5. The Morgan fingerprint density at radius 2 is 2.33 bits per heavy atom. The van der Waals surface area contributed by atoms with Crippen LogP contribution in [-0.2, 0) is 16.1 Å². The lowest BCUT2D eigenvalue weighted by atomic mass is 10.1. The maximum Gasteiger partial charge on any atom is 0.317 e. The van der Waals surface area contributed by atoms with Crippen LogP contribution < -0.4 is 5.32 Å². The third-order valence-electron chi connectivity index (χ3n) is 3.30. The molecule has 2 rings (SSSR count). The lowest BCUT2D eigenvalue weighted by molar-refractivity contribution is -0.139. The maximum atomic E-state index is 12.1. The summed E-state index contributed by atoms with van der Waals surface area (Å²) in [6.45, 7) is 2.39. The second-order valence-electron chi connectivity index (χ2n) is 4.87. The van der Waals surface area contributed by atoms with E-state index in [2.05, 4.69) is 10.4 Å². The van der Waals surface area contributed by atoms with Gasteiger partial charge in [0.25, 0.3) is 0 Å². The predicted molar refractivity (Wildman–Crippen MR) is 73.8 cm³/mol. The van der Waals surface area contributed by atoms with E-state index in [9.17, 15) is 9.59 Å². The Morgan fingerprint density at radius 3 is 3.05 bits per heavy atom. The summed E-state index contributed by atoms with van der Waals surface area (Å²) >= 11 is 0. The van der Waals surface area contributed by atoms with Crippen molar-refractivity contribution in [3.05, 3.63) is 18.5 Å². The summed E-state index contributed by atoms with van der Waals surface area (Å²) in [6, 6.07) is 1.22. The molecule has 8 nitrogen and oxygen atoms in total. The van der Waals surface area contributed by atoms with E-state index >= 15 is 0 Å². The maximum absolute atomic E-state index is 12.1. The Hall–Kier alpha value is -2.09. The molecule has 2 amide bonds. The first-order valence-electron chi connectivity index (χ1n) is 6.98. The molecule has 21 heavy (non-hydrogen) atoms. The number of urea groups is 1. The number of carboxylic acids is 1. The van der Waals surface area contributed by atoms with Gasteiger partial charge in [-0.25, -0.2) is 4.79 Å². The number of aryl methyl sites for hydroxylation is 1. The number of aromatic nitrogens is 2. The summed E-state index contributed by atoms with van der Waals surface area (Å²) in [7, 11) is 0. The van der Waals surface area contributed by atoms with Crippen molar-refractivity contribution in [2.24, 2.45) is 0 Å². The number of carboxylic acid groups (broad SMARTS) is 1. The van der Waals surface area contributed by atoms with E-state index in [0.29, 0.717) is 19.7 Å². The van der Waals surface area contributed by atoms with Gasteiger partial charge in [0, 0.05) is 32.0 Å². The third-order valence-corrected chi connectivity index (χ3v) is 3.30. The summed E-state index contributed by atoms with van der Waals surface area (Å²) < 4.78 is 7.04. The molecule has 1 saturated heterocycles. The van der Waals surface area contributed by atoms with Crippen LogP contribution in [0.25, 0.3) is 0 Å². The van der Waals surface area contributed by atoms with Crippen LogP contribution in [0.2, 0.25) is 0 Å². The Kier molecular flexibility index (Phi) is 5.56. The highest BCUT2D eigenvalue weighted by atomic mass is 16.5. The number of rotatable bonds is 6. The van der Waals surface area contributed by atoms with E-state index in [-0.39, 0.29) is 19.1 Å². The molecular weight excluding hydrogens is 276 g/mol. The molecule has 1 aromatic rings. The van der Waals surface area contributed by atoms with Crippen LogP contribution >= 0.6 is 0 Å². The fourth-order valence-corrected chi connectivity index (χ4v) is 2.26. The van der Waals surface area contributed by atoms with Gasteiger partial charge in [-0.15, -0.1) is 0 Å².